The summed E-state index contributed by atoms with van der Waals surface area (Å²) in [4.78, 5) is 24.0. The number of hydrogen-bond donors (Lipinski definition) is 0. The lowest BCUT2D eigenvalue weighted by Crippen LogP contribution is -2.24. The van der Waals surface area contributed by atoms with Crippen LogP contribution in [0.5, 0.6) is 0 Å². The highest BCUT2D eigenvalue weighted by Gasteiger charge is 2.17. The van der Waals surface area contributed by atoms with Crippen LogP contribution in [0.25, 0.3) is 16.7 Å². The lowest BCUT2D eigenvalue weighted by atomic mass is 10.1. The molecule has 5 rings (SSSR count). The number of thioether (sulfide) groups is 1. The minimum Gasteiger partial charge on any atom is -0.272 e. The Morgan fingerprint density at radius 3 is 2.55 bits per heavy atom. The number of non-ortho nitro benzene ring substituents is 1. The molecule has 9 heteroatoms. The number of aryl methyl sites for hydroxylation is 1. The van der Waals surface area contributed by atoms with Crippen LogP contribution in [-0.2, 0) is 12.3 Å². The van der Waals surface area contributed by atoms with Gasteiger partial charge in [0.05, 0.1) is 22.4 Å². The van der Waals surface area contributed by atoms with Gasteiger partial charge >= 0.3 is 0 Å². The number of para-hydroxylation sites is 1. The molecule has 164 valence electrons. The van der Waals surface area contributed by atoms with Crippen molar-refractivity contribution in [2.45, 2.75) is 24.4 Å². The van der Waals surface area contributed by atoms with Gasteiger partial charge in [-0.3, -0.25) is 23.9 Å². The fraction of sp³-hybridized carbons (Fsp3) is 0.125. The van der Waals surface area contributed by atoms with E-state index in [9.17, 15) is 14.9 Å². The molecule has 0 bridgehead atoms. The maximum absolute atomic E-state index is 13.3. The SMILES string of the molecule is Cc1ccc(Cn2c(=O)c3ccccc3n3c(SCc4cccc([N+](=O)[O-])c4)nnc23)cc1. The maximum Gasteiger partial charge on any atom is 0.269 e. The number of rotatable bonds is 6. The van der Waals surface area contributed by atoms with E-state index in [1.807, 2.05) is 59.9 Å². The molecular weight excluding hydrogens is 438 g/mol. The summed E-state index contributed by atoms with van der Waals surface area (Å²) >= 11 is 1.42. The molecule has 0 aliphatic carbocycles. The average molecular weight is 458 g/mol. The molecule has 0 amide bonds. The Balaban J connectivity index is 1.59. The summed E-state index contributed by atoms with van der Waals surface area (Å²) in [6.07, 6.45) is 0. The topological polar surface area (TPSA) is 95.3 Å². The van der Waals surface area contributed by atoms with E-state index in [2.05, 4.69) is 10.2 Å². The van der Waals surface area contributed by atoms with Crippen LogP contribution in [0.2, 0.25) is 0 Å². The van der Waals surface area contributed by atoms with Crippen LogP contribution in [0.1, 0.15) is 16.7 Å². The maximum atomic E-state index is 13.3. The molecule has 0 fully saturated rings. The second-order valence-corrected chi connectivity index (χ2v) is 8.67. The van der Waals surface area contributed by atoms with E-state index < -0.39 is 4.92 Å². The highest BCUT2D eigenvalue weighted by atomic mass is 32.2. The normalized spacial score (nSPS) is 11.3. The summed E-state index contributed by atoms with van der Waals surface area (Å²) in [6, 6.07) is 22.0. The molecule has 0 radical (unpaired) electrons. The quantitative estimate of drug-likeness (QED) is 0.210. The number of nitrogens with zero attached hydrogens (tertiary/aromatic N) is 5. The molecule has 2 heterocycles. The largest absolute Gasteiger partial charge is 0.272 e. The lowest BCUT2D eigenvalue weighted by molar-refractivity contribution is -0.384. The molecule has 0 saturated heterocycles. The predicted molar refractivity (Wildman–Crippen MR) is 128 cm³/mol. The van der Waals surface area contributed by atoms with Crippen molar-refractivity contribution in [2.24, 2.45) is 0 Å². The van der Waals surface area contributed by atoms with Crippen molar-refractivity contribution in [3.05, 3.63) is 110 Å². The van der Waals surface area contributed by atoms with Gasteiger partial charge in [0.1, 0.15) is 0 Å². The molecule has 0 spiro atoms. The van der Waals surface area contributed by atoms with Gasteiger partial charge < -0.3 is 0 Å². The Hall–Kier alpha value is -3.98. The van der Waals surface area contributed by atoms with E-state index in [4.69, 9.17) is 0 Å². The number of hydrogen-bond acceptors (Lipinski definition) is 6. The van der Waals surface area contributed by atoms with Gasteiger partial charge in [0.2, 0.25) is 5.78 Å². The van der Waals surface area contributed by atoms with E-state index >= 15 is 0 Å². The minimum absolute atomic E-state index is 0.0524. The summed E-state index contributed by atoms with van der Waals surface area (Å²) < 4.78 is 3.52. The minimum atomic E-state index is -0.405. The third-order valence-corrected chi connectivity index (χ3v) is 6.43. The monoisotopic (exact) mass is 457 g/mol. The van der Waals surface area contributed by atoms with Crippen LogP contribution in [0.15, 0.2) is 82.7 Å². The van der Waals surface area contributed by atoms with Crippen LogP contribution in [0.4, 0.5) is 5.69 Å². The van der Waals surface area contributed by atoms with Crippen molar-refractivity contribution < 1.29 is 4.92 Å². The van der Waals surface area contributed by atoms with Gasteiger partial charge in [0.15, 0.2) is 5.16 Å². The van der Waals surface area contributed by atoms with Crippen molar-refractivity contribution >= 4 is 34.1 Å². The molecule has 0 unspecified atom stereocenters. The third-order valence-electron chi connectivity index (χ3n) is 5.43. The zero-order valence-corrected chi connectivity index (χ0v) is 18.5. The molecule has 3 aromatic carbocycles. The second kappa shape index (κ2) is 8.51. The summed E-state index contributed by atoms with van der Waals surface area (Å²) in [6.45, 7) is 2.40. The zero-order valence-electron chi connectivity index (χ0n) is 17.7. The Kier molecular flexibility index (Phi) is 5.39. The van der Waals surface area contributed by atoms with E-state index in [0.29, 0.717) is 28.6 Å². The van der Waals surface area contributed by atoms with E-state index in [-0.39, 0.29) is 11.2 Å². The lowest BCUT2D eigenvalue weighted by Gasteiger charge is -2.11. The number of nitro benzene ring substituents is 1. The van der Waals surface area contributed by atoms with Gasteiger partial charge in [-0.15, -0.1) is 10.2 Å². The van der Waals surface area contributed by atoms with E-state index in [1.54, 1.807) is 22.8 Å². The molecule has 8 nitrogen and oxygen atoms in total. The number of aromatic nitrogens is 4. The van der Waals surface area contributed by atoms with Gasteiger partial charge in [-0.05, 0) is 30.2 Å². The average Bonchev–Trinajstić information content (AvgIpc) is 3.26. The fourth-order valence-corrected chi connectivity index (χ4v) is 4.64. The van der Waals surface area contributed by atoms with Gasteiger partial charge in [-0.2, -0.15) is 0 Å². The molecule has 5 aromatic rings. The van der Waals surface area contributed by atoms with Crippen LogP contribution in [-0.4, -0.2) is 24.1 Å². The van der Waals surface area contributed by atoms with E-state index in [0.717, 1.165) is 22.2 Å². The highest BCUT2D eigenvalue weighted by Crippen LogP contribution is 2.26. The van der Waals surface area contributed by atoms with Gasteiger partial charge in [0.25, 0.3) is 11.2 Å². The first kappa shape index (κ1) is 20.9. The second-order valence-electron chi connectivity index (χ2n) is 7.73. The molecule has 0 aliphatic rings. The van der Waals surface area contributed by atoms with Crippen molar-refractivity contribution in [2.75, 3.05) is 0 Å². The van der Waals surface area contributed by atoms with Crippen LogP contribution in [0, 0.1) is 17.0 Å². The van der Waals surface area contributed by atoms with Gasteiger partial charge in [-0.1, -0.05) is 65.9 Å². The fourth-order valence-electron chi connectivity index (χ4n) is 3.75. The zero-order chi connectivity index (χ0) is 22.9. The molecule has 2 aromatic heterocycles. The molecule has 0 N–H and O–H groups in total. The molecule has 0 atom stereocenters. The molecule has 0 saturated carbocycles. The third kappa shape index (κ3) is 3.98. The summed E-state index contributed by atoms with van der Waals surface area (Å²) in [5.41, 5.74) is 3.61. The van der Waals surface area contributed by atoms with Crippen LogP contribution < -0.4 is 5.56 Å². The first-order valence-electron chi connectivity index (χ1n) is 10.3. The Morgan fingerprint density at radius 1 is 0.970 bits per heavy atom. The predicted octanol–water partition coefficient (Wildman–Crippen LogP) is 4.60. The smallest absolute Gasteiger partial charge is 0.269 e. The Labute approximate surface area is 192 Å². The standard InChI is InChI=1S/C24H19N5O3S/c1-16-9-11-17(12-10-16)14-27-22(30)20-7-2-3-8-21(20)28-23(27)25-26-24(28)33-15-18-5-4-6-19(13-18)29(31)32/h2-13H,14-15H2,1H3. The first-order valence-corrected chi connectivity index (χ1v) is 11.3. The summed E-state index contributed by atoms with van der Waals surface area (Å²) in [5.74, 6) is 0.939. The molecule has 0 aliphatic heterocycles. The first-order chi connectivity index (χ1) is 16.0. The molecule has 33 heavy (non-hydrogen) atoms. The van der Waals surface area contributed by atoms with Crippen molar-refractivity contribution in [1.82, 2.24) is 19.2 Å². The Morgan fingerprint density at radius 2 is 1.76 bits per heavy atom. The van der Waals surface area contributed by atoms with Gasteiger partial charge in [-0.25, -0.2) is 0 Å². The number of fused-ring (bicyclic) bond motifs is 3. The van der Waals surface area contributed by atoms with Crippen molar-refractivity contribution in [1.29, 1.82) is 0 Å². The summed E-state index contributed by atoms with van der Waals surface area (Å²) in [5, 5.41) is 21.0. The van der Waals surface area contributed by atoms with E-state index in [1.165, 1.54) is 17.8 Å². The highest BCUT2D eigenvalue weighted by molar-refractivity contribution is 7.98. The molecular formula is C24H19N5O3S. The Bertz CT molecular complexity index is 1560. The van der Waals surface area contributed by atoms with Crippen LogP contribution >= 0.6 is 11.8 Å². The van der Waals surface area contributed by atoms with Gasteiger partial charge in [0, 0.05) is 17.9 Å². The number of benzene rings is 3. The number of nitro groups is 1. The van der Waals surface area contributed by atoms with Crippen LogP contribution in [0.3, 0.4) is 0 Å². The van der Waals surface area contributed by atoms with Crippen molar-refractivity contribution in [3.63, 3.8) is 0 Å². The van der Waals surface area contributed by atoms with Crippen molar-refractivity contribution in [3.8, 4) is 0 Å². The summed E-state index contributed by atoms with van der Waals surface area (Å²) in [7, 11) is 0.